The van der Waals surface area contributed by atoms with Crippen LogP contribution in [0.2, 0.25) is 0 Å². The van der Waals surface area contributed by atoms with Crippen molar-refractivity contribution in [3.63, 3.8) is 0 Å². The summed E-state index contributed by atoms with van der Waals surface area (Å²) in [5.41, 5.74) is 2.69. The molecule has 0 radical (unpaired) electrons. The lowest BCUT2D eigenvalue weighted by molar-refractivity contribution is 0.122. The molecule has 114 valence electrons. The van der Waals surface area contributed by atoms with Gasteiger partial charge < -0.3 is 15.5 Å². The second-order valence-corrected chi connectivity index (χ2v) is 4.88. The molecule has 0 atom stereocenters. The van der Waals surface area contributed by atoms with E-state index >= 15 is 0 Å². The van der Waals surface area contributed by atoms with Gasteiger partial charge in [-0.25, -0.2) is 14.4 Å². The number of ether oxygens (including phenoxy) is 1. The summed E-state index contributed by atoms with van der Waals surface area (Å²) in [5.74, 6) is 5.31. The van der Waals surface area contributed by atoms with E-state index in [-0.39, 0.29) is 0 Å². The summed E-state index contributed by atoms with van der Waals surface area (Å²) < 4.78 is 18.3. The van der Waals surface area contributed by atoms with Crippen molar-refractivity contribution < 1.29 is 9.13 Å². The molecule has 2 aromatic rings. The summed E-state index contributed by atoms with van der Waals surface area (Å²) in [6.45, 7) is 3.03. The number of halogens is 1. The minimum absolute atomic E-state index is 0.460. The molecule has 0 amide bonds. The van der Waals surface area contributed by atoms with Gasteiger partial charge in [-0.3, -0.25) is 0 Å². The molecule has 1 fully saturated rings. The van der Waals surface area contributed by atoms with E-state index in [0.29, 0.717) is 19.0 Å². The molecule has 1 aliphatic heterocycles. The van der Waals surface area contributed by atoms with Gasteiger partial charge in [0.25, 0.3) is 0 Å². The Balaban J connectivity index is 1.97. The molecule has 1 aliphatic rings. The summed E-state index contributed by atoms with van der Waals surface area (Å²) in [6.07, 6.45) is 3.89. The number of anilines is 1. The number of nitrogens with zero attached hydrogens (tertiary/aromatic N) is 4. The molecular formula is C15H16FN5O. The Hall–Kier alpha value is -2.54. The van der Waals surface area contributed by atoms with Gasteiger partial charge in [-0.2, -0.15) is 5.10 Å². The van der Waals surface area contributed by atoms with Crippen molar-refractivity contribution in [3.8, 4) is 11.4 Å². The largest absolute Gasteiger partial charge is 0.378 e. The summed E-state index contributed by atoms with van der Waals surface area (Å²) in [6, 6.07) is 5.78. The minimum Gasteiger partial charge on any atom is -0.378 e. The Kier molecular flexibility index (Phi) is 4.24. The SMILES string of the molecule is NN=Cc1cc(-c2ncc(F)cn2)ccc1N1CCOCC1. The molecule has 3 rings (SSSR count). The van der Waals surface area contributed by atoms with E-state index in [2.05, 4.69) is 20.0 Å². The van der Waals surface area contributed by atoms with Crippen molar-refractivity contribution in [1.29, 1.82) is 0 Å². The maximum absolute atomic E-state index is 12.9. The van der Waals surface area contributed by atoms with Crippen LogP contribution in [0.25, 0.3) is 11.4 Å². The lowest BCUT2D eigenvalue weighted by atomic mass is 10.1. The molecule has 1 saturated heterocycles. The normalized spacial score (nSPS) is 15.4. The molecule has 6 nitrogen and oxygen atoms in total. The van der Waals surface area contributed by atoms with Crippen LogP contribution in [0.15, 0.2) is 35.7 Å². The minimum atomic E-state index is -0.461. The Morgan fingerprint density at radius 1 is 1.23 bits per heavy atom. The van der Waals surface area contributed by atoms with E-state index in [9.17, 15) is 4.39 Å². The third-order valence-electron chi connectivity index (χ3n) is 3.47. The highest BCUT2D eigenvalue weighted by atomic mass is 19.1. The molecule has 0 aliphatic carbocycles. The van der Waals surface area contributed by atoms with Gasteiger partial charge in [0, 0.05) is 29.9 Å². The van der Waals surface area contributed by atoms with Crippen molar-refractivity contribution in [3.05, 3.63) is 42.0 Å². The predicted molar refractivity (Wildman–Crippen MR) is 82.2 cm³/mol. The fourth-order valence-electron chi connectivity index (χ4n) is 2.43. The van der Waals surface area contributed by atoms with Crippen molar-refractivity contribution in [2.45, 2.75) is 0 Å². The highest BCUT2D eigenvalue weighted by Gasteiger charge is 2.15. The molecule has 0 bridgehead atoms. The van der Waals surface area contributed by atoms with Crippen LogP contribution < -0.4 is 10.7 Å². The number of hydrogen-bond acceptors (Lipinski definition) is 6. The van der Waals surface area contributed by atoms with Crippen LogP contribution in [0.3, 0.4) is 0 Å². The molecule has 0 spiro atoms. The van der Waals surface area contributed by atoms with Crippen LogP contribution in [0.4, 0.5) is 10.1 Å². The van der Waals surface area contributed by atoms with E-state index in [1.54, 1.807) is 6.21 Å². The zero-order valence-electron chi connectivity index (χ0n) is 11.9. The van der Waals surface area contributed by atoms with Gasteiger partial charge >= 0.3 is 0 Å². The first-order valence-electron chi connectivity index (χ1n) is 6.96. The maximum atomic E-state index is 12.9. The van der Waals surface area contributed by atoms with E-state index in [1.165, 1.54) is 0 Å². The Morgan fingerprint density at radius 3 is 2.64 bits per heavy atom. The fourth-order valence-corrected chi connectivity index (χ4v) is 2.43. The average molecular weight is 301 g/mol. The first kappa shape index (κ1) is 14.4. The molecule has 2 heterocycles. The van der Waals surface area contributed by atoms with E-state index in [1.807, 2.05) is 18.2 Å². The quantitative estimate of drug-likeness (QED) is 0.527. The molecular weight excluding hydrogens is 285 g/mol. The van der Waals surface area contributed by atoms with Crippen LogP contribution in [-0.2, 0) is 4.74 Å². The first-order valence-corrected chi connectivity index (χ1v) is 6.96. The second-order valence-electron chi connectivity index (χ2n) is 4.88. The number of benzene rings is 1. The van der Waals surface area contributed by atoms with Gasteiger partial charge in [-0.15, -0.1) is 0 Å². The smallest absolute Gasteiger partial charge is 0.159 e. The number of hydrogen-bond donors (Lipinski definition) is 1. The molecule has 7 heteroatoms. The predicted octanol–water partition coefficient (Wildman–Crippen LogP) is 1.41. The van der Waals surface area contributed by atoms with Crippen molar-refractivity contribution in [2.75, 3.05) is 31.2 Å². The standard InChI is InChI=1S/C15H16FN5O/c16-13-9-18-15(19-10-13)11-1-2-14(12(7-11)8-20-17)21-3-5-22-6-4-21/h1-2,7-10H,3-6,17H2. The summed E-state index contributed by atoms with van der Waals surface area (Å²) in [5, 5.41) is 3.63. The molecule has 0 saturated carbocycles. The van der Waals surface area contributed by atoms with Gasteiger partial charge in [0.15, 0.2) is 11.6 Å². The first-order chi connectivity index (χ1) is 10.8. The summed E-state index contributed by atoms with van der Waals surface area (Å²) in [4.78, 5) is 10.2. The van der Waals surface area contributed by atoms with Crippen molar-refractivity contribution in [2.24, 2.45) is 10.9 Å². The van der Waals surface area contributed by atoms with Crippen molar-refractivity contribution in [1.82, 2.24) is 9.97 Å². The average Bonchev–Trinajstić information content (AvgIpc) is 2.57. The van der Waals surface area contributed by atoms with Gasteiger partial charge in [-0.05, 0) is 18.2 Å². The molecule has 1 aromatic carbocycles. The van der Waals surface area contributed by atoms with Gasteiger partial charge in [-0.1, -0.05) is 0 Å². The summed E-state index contributed by atoms with van der Waals surface area (Å²) >= 11 is 0. The fraction of sp³-hybridized carbons (Fsp3) is 0.267. The highest BCUT2D eigenvalue weighted by molar-refractivity contribution is 5.90. The summed E-state index contributed by atoms with van der Waals surface area (Å²) in [7, 11) is 0. The van der Waals surface area contributed by atoms with Crippen LogP contribution in [-0.4, -0.2) is 42.5 Å². The number of aromatic nitrogens is 2. The van der Waals surface area contributed by atoms with E-state index in [0.717, 1.165) is 42.3 Å². The number of hydrazone groups is 1. The lowest BCUT2D eigenvalue weighted by Crippen LogP contribution is -2.36. The van der Waals surface area contributed by atoms with Crippen molar-refractivity contribution >= 4 is 11.9 Å². The molecule has 0 unspecified atom stereocenters. The lowest BCUT2D eigenvalue weighted by Gasteiger charge is -2.30. The zero-order valence-corrected chi connectivity index (χ0v) is 11.9. The number of nitrogens with two attached hydrogens (primary N) is 1. The zero-order chi connectivity index (χ0) is 15.4. The van der Waals surface area contributed by atoms with E-state index < -0.39 is 5.82 Å². The van der Waals surface area contributed by atoms with Gasteiger partial charge in [0.2, 0.25) is 0 Å². The number of rotatable bonds is 3. The Bertz CT molecular complexity index is 668. The topological polar surface area (TPSA) is 76.6 Å². The Morgan fingerprint density at radius 2 is 1.95 bits per heavy atom. The van der Waals surface area contributed by atoms with E-state index in [4.69, 9.17) is 10.6 Å². The number of morpholine rings is 1. The van der Waals surface area contributed by atoms with Crippen LogP contribution in [0.5, 0.6) is 0 Å². The molecule has 2 N–H and O–H groups in total. The Labute approximate surface area is 127 Å². The molecule has 22 heavy (non-hydrogen) atoms. The third-order valence-corrected chi connectivity index (χ3v) is 3.47. The second kappa shape index (κ2) is 6.48. The van der Waals surface area contributed by atoms with Crippen LogP contribution >= 0.6 is 0 Å². The van der Waals surface area contributed by atoms with Crippen LogP contribution in [0.1, 0.15) is 5.56 Å². The van der Waals surface area contributed by atoms with Crippen LogP contribution in [0, 0.1) is 5.82 Å². The van der Waals surface area contributed by atoms with Gasteiger partial charge in [0.1, 0.15) is 0 Å². The monoisotopic (exact) mass is 301 g/mol. The highest BCUT2D eigenvalue weighted by Crippen LogP contribution is 2.25. The van der Waals surface area contributed by atoms with Gasteiger partial charge in [0.05, 0.1) is 31.8 Å². The maximum Gasteiger partial charge on any atom is 0.159 e. The molecule has 1 aromatic heterocycles. The third kappa shape index (κ3) is 3.04.